The van der Waals surface area contributed by atoms with Crippen LogP contribution >= 0.6 is 0 Å². The van der Waals surface area contributed by atoms with E-state index in [0.29, 0.717) is 17.2 Å². The first kappa shape index (κ1) is 14.2. The summed E-state index contributed by atoms with van der Waals surface area (Å²) in [4.78, 5) is 11.9. The van der Waals surface area contributed by atoms with E-state index in [1.807, 2.05) is 13.8 Å². The number of benzene rings is 1. The molecule has 18 heavy (non-hydrogen) atoms. The second-order valence-corrected chi connectivity index (χ2v) is 3.95. The summed E-state index contributed by atoms with van der Waals surface area (Å²) in [6.07, 6.45) is -0.103. The van der Waals surface area contributed by atoms with E-state index < -0.39 is 5.97 Å². The van der Waals surface area contributed by atoms with Gasteiger partial charge in [-0.15, -0.1) is 0 Å². The highest BCUT2D eigenvalue weighted by molar-refractivity contribution is 5.99. The Morgan fingerprint density at radius 1 is 1.39 bits per heavy atom. The Balaban J connectivity index is 3.30. The Morgan fingerprint density at radius 3 is 2.56 bits per heavy atom. The number of methoxy groups -OCH3 is 1. The fourth-order valence-electron chi connectivity index (χ4n) is 1.51. The predicted octanol–water partition coefficient (Wildman–Crippen LogP) is 2.24. The molecule has 100 valence electrons. The van der Waals surface area contributed by atoms with E-state index in [4.69, 9.17) is 19.9 Å². The molecule has 0 atom stereocenters. The van der Waals surface area contributed by atoms with Crippen molar-refractivity contribution in [2.75, 3.05) is 19.5 Å². The molecule has 0 radical (unpaired) electrons. The molecular formula is C13H19NO4. The number of rotatable bonds is 5. The minimum atomic E-state index is -0.510. The zero-order valence-electron chi connectivity index (χ0n) is 11.1. The van der Waals surface area contributed by atoms with Gasteiger partial charge in [0, 0.05) is 0 Å². The van der Waals surface area contributed by atoms with Crippen LogP contribution in [0.25, 0.3) is 0 Å². The van der Waals surface area contributed by atoms with Gasteiger partial charge in [-0.25, -0.2) is 4.79 Å². The summed E-state index contributed by atoms with van der Waals surface area (Å²) in [5.41, 5.74) is 6.34. The number of anilines is 1. The minimum absolute atomic E-state index is 0.103. The van der Waals surface area contributed by atoms with Gasteiger partial charge in [-0.3, -0.25) is 0 Å². The lowest BCUT2D eigenvalue weighted by Crippen LogP contribution is -2.15. The smallest absolute Gasteiger partial charge is 0.344 e. The van der Waals surface area contributed by atoms with Gasteiger partial charge in [0.1, 0.15) is 5.56 Å². The monoisotopic (exact) mass is 253 g/mol. The second-order valence-electron chi connectivity index (χ2n) is 3.95. The summed E-state index contributed by atoms with van der Waals surface area (Å²) in [6.45, 7) is 5.73. The molecule has 0 saturated carbocycles. The number of hydrogen-bond donors (Lipinski definition) is 1. The van der Waals surface area contributed by atoms with Crippen LogP contribution < -0.4 is 15.2 Å². The zero-order chi connectivity index (χ0) is 13.7. The average Bonchev–Trinajstić information content (AvgIpc) is 2.29. The third kappa shape index (κ3) is 3.06. The van der Waals surface area contributed by atoms with Gasteiger partial charge in [-0.05, 0) is 32.9 Å². The lowest BCUT2D eigenvalue weighted by atomic mass is 10.1. The van der Waals surface area contributed by atoms with Gasteiger partial charge in [-0.1, -0.05) is 0 Å². The topological polar surface area (TPSA) is 70.8 Å². The van der Waals surface area contributed by atoms with E-state index in [1.54, 1.807) is 19.1 Å². The molecular weight excluding hydrogens is 234 g/mol. The van der Waals surface area contributed by atoms with Crippen molar-refractivity contribution in [3.8, 4) is 11.5 Å². The van der Waals surface area contributed by atoms with Gasteiger partial charge in [0.25, 0.3) is 0 Å². The molecule has 5 heteroatoms. The normalized spacial score (nSPS) is 10.3. The molecule has 0 saturated heterocycles. The van der Waals surface area contributed by atoms with Gasteiger partial charge in [0.2, 0.25) is 0 Å². The first-order valence-electron chi connectivity index (χ1n) is 5.81. The fourth-order valence-corrected chi connectivity index (χ4v) is 1.51. The maximum Gasteiger partial charge on any atom is 0.344 e. The number of carbonyl (C=O) groups excluding carboxylic acids is 1. The summed E-state index contributed by atoms with van der Waals surface area (Å²) >= 11 is 0. The van der Waals surface area contributed by atoms with Gasteiger partial charge < -0.3 is 19.9 Å². The Kier molecular flexibility index (Phi) is 4.83. The largest absolute Gasteiger partial charge is 0.493 e. The van der Waals surface area contributed by atoms with Crippen LogP contribution in [0.5, 0.6) is 11.5 Å². The van der Waals surface area contributed by atoms with E-state index in [0.717, 1.165) is 0 Å². The first-order valence-corrected chi connectivity index (χ1v) is 5.81. The van der Waals surface area contributed by atoms with Crippen LogP contribution in [-0.4, -0.2) is 25.8 Å². The predicted molar refractivity (Wildman–Crippen MR) is 69.1 cm³/mol. The fraction of sp³-hybridized carbons (Fsp3) is 0.462. The maximum atomic E-state index is 11.9. The summed E-state index contributed by atoms with van der Waals surface area (Å²) in [5, 5.41) is 0. The van der Waals surface area contributed by atoms with Crippen molar-refractivity contribution in [2.45, 2.75) is 26.9 Å². The average molecular weight is 253 g/mol. The van der Waals surface area contributed by atoms with Crippen LogP contribution in [0.1, 0.15) is 31.1 Å². The van der Waals surface area contributed by atoms with E-state index in [2.05, 4.69) is 0 Å². The molecule has 0 aliphatic carbocycles. The molecule has 2 N–H and O–H groups in total. The van der Waals surface area contributed by atoms with Crippen molar-refractivity contribution in [3.05, 3.63) is 17.7 Å². The van der Waals surface area contributed by atoms with Crippen molar-refractivity contribution in [3.63, 3.8) is 0 Å². The van der Waals surface area contributed by atoms with Crippen LogP contribution in [0.4, 0.5) is 5.69 Å². The van der Waals surface area contributed by atoms with Crippen LogP contribution in [0.3, 0.4) is 0 Å². The molecule has 0 unspecified atom stereocenters. The van der Waals surface area contributed by atoms with Crippen molar-refractivity contribution in [2.24, 2.45) is 0 Å². The molecule has 1 aromatic carbocycles. The van der Waals surface area contributed by atoms with Gasteiger partial charge in [-0.2, -0.15) is 0 Å². The van der Waals surface area contributed by atoms with Crippen molar-refractivity contribution >= 4 is 11.7 Å². The summed E-state index contributed by atoms with van der Waals surface area (Å²) < 4.78 is 15.8. The second kappa shape index (κ2) is 6.14. The van der Waals surface area contributed by atoms with E-state index in [9.17, 15) is 4.79 Å². The highest BCUT2D eigenvalue weighted by atomic mass is 16.5. The number of nitrogen functional groups attached to an aromatic ring is 1. The van der Waals surface area contributed by atoms with E-state index >= 15 is 0 Å². The van der Waals surface area contributed by atoms with Crippen LogP contribution in [-0.2, 0) is 4.74 Å². The summed E-state index contributed by atoms with van der Waals surface area (Å²) in [7, 11) is 1.51. The zero-order valence-corrected chi connectivity index (χ0v) is 11.1. The lowest BCUT2D eigenvalue weighted by Gasteiger charge is -2.18. The first-order chi connectivity index (χ1) is 8.51. The van der Waals surface area contributed by atoms with Crippen molar-refractivity contribution in [1.82, 2.24) is 0 Å². The highest BCUT2D eigenvalue weighted by Crippen LogP contribution is 2.36. The number of hydrogen-bond acceptors (Lipinski definition) is 5. The van der Waals surface area contributed by atoms with E-state index in [1.165, 1.54) is 7.11 Å². The quantitative estimate of drug-likeness (QED) is 0.643. The third-order valence-electron chi connectivity index (χ3n) is 2.21. The van der Waals surface area contributed by atoms with Gasteiger partial charge in [0.15, 0.2) is 11.5 Å². The van der Waals surface area contributed by atoms with Crippen LogP contribution in [0.2, 0.25) is 0 Å². The summed E-state index contributed by atoms with van der Waals surface area (Å²) in [5.74, 6) is 0.274. The Morgan fingerprint density at radius 2 is 2.06 bits per heavy atom. The molecule has 1 rings (SSSR count). The molecule has 0 heterocycles. The minimum Gasteiger partial charge on any atom is -0.493 e. The molecule has 0 aromatic heterocycles. The number of ether oxygens (including phenoxy) is 3. The Labute approximate surface area is 107 Å². The molecule has 0 spiro atoms. The van der Waals surface area contributed by atoms with Crippen molar-refractivity contribution < 1.29 is 19.0 Å². The van der Waals surface area contributed by atoms with Crippen LogP contribution in [0.15, 0.2) is 12.1 Å². The standard InChI is InChI=1S/C13H19NO4/c1-5-17-13(15)11-9(14)6-7-10(16-4)12(11)18-8(2)3/h6-8H,5,14H2,1-4H3. The summed E-state index contributed by atoms with van der Waals surface area (Å²) in [6, 6.07) is 3.26. The number of esters is 1. The maximum absolute atomic E-state index is 11.9. The Bertz CT molecular complexity index is 429. The van der Waals surface area contributed by atoms with E-state index in [-0.39, 0.29) is 18.3 Å². The van der Waals surface area contributed by atoms with Gasteiger partial charge in [0.05, 0.1) is 25.5 Å². The number of carbonyl (C=O) groups is 1. The van der Waals surface area contributed by atoms with Crippen LogP contribution in [0, 0.1) is 0 Å². The Hall–Kier alpha value is -1.91. The van der Waals surface area contributed by atoms with Crippen molar-refractivity contribution in [1.29, 1.82) is 0 Å². The molecule has 5 nitrogen and oxygen atoms in total. The molecule has 0 aliphatic rings. The number of nitrogens with two attached hydrogens (primary N) is 1. The molecule has 0 fully saturated rings. The third-order valence-corrected chi connectivity index (χ3v) is 2.21. The molecule has 0 bridgehead atoms. The molecule has 1 aromatic rings. The molecule has 0 aliphatic heterocycles. The molecule has 0 amide bonds. The SMILES string of the molecule is CCOC(=O)c1c(N)ccc(OC)c1OC(C)C. The van der Waals surface area contributed by atoms with Gasteiger partial charge >= 0.3 is 5.97 Å². The lowest BCUT2D eigenvalue weighted by molar-refractivity contribution is 0.0520. The highest BCUT2D eigenvalue weighted by Gasteiger charge is 2.22.